The van der Waals surface area contributed by atoms with Crippen molar-refractivity contribution in [3.05, 3.63) is 57.5 Å². The molecular weight excluding hydrogens is 473 g/mol. The first kappa shape index (κ1) is 23.6. The molecule has 3 atom stereocenters. The molecular formula is C24H25ClFN7O2. The number of hydrogen-bond acceptors (Lipinski definition) is 7. The molecule has 2 aromatic rings. The molecule has 1 aromatic carbocycles. The number of carbonyl (C=O) groups excluding carboxylic acids is 1. The van der Waals surface area contributed by atoms with Gasteiger partial charge in [0.05, 0.1) is 29.7 Å². The second-order valence-electron chi connectivity index (χ2n) is 8.91. The molecule has 182 valence electrons. The Balaban J connectivity index is 1.24. The summed E-state index contributed by atoms with van der Waals surface area (Å²) in [5, 5.41) is 9.31. The van der Waals surface area contributed by atoms with E-state index in [1.807, 2.05) is 17.0 Å². The summed E-state index contributed by atoms with van der Waals surface area (Å²) in [5.74, 6) is 5.06. The van der Waals surface area contributed by atoms with Crippen LogP contribution in [0.4, 0.5) is 10.2 Å². The van der Waals surface area contributed by atoms with Crippen LogP contribution in [0.5, 0.6) is 0 Å². The van der Waals surface area contributed by atoms with Crippen molar-refractivity contribution in [2.75, 3.05) is 32.8 Å². The van der Waals surface area contributed by atoms with Gasteiger partial charge in [0.15, 0.2) is 5.82 Å². The number of pyridine rings is 1. The molecule has 3 aliphatic rings. The van der Waals surface area contributed by atoms with E-state index in [0.717, 1.165) is 24.1 Å². The summed E-state index contributed by atoms with van der Waals surface area (Å²) >= 11 is 6.30. The average Bonchev–Trinajstić information content (AvgIpc) is 3.30. The number of halogens is 2. The van der Waals surface area contributed by atoms with Crippen LogP contribution < -0.4 is 11.3 Å². The van der Waals surface area contributed by atoms with E-state index in [2.05, 4.69) is 20.3 Å². The number of aliphatic imine (C=N–C) groups is 1. The maximum Gasteiger partial charge on any atom is 0.230 e. The Bertz CT molecular complexity index is 1220. The van der Waals surface area contributed by atoms with Crippen LogP contribution in [0, 0.1) is 17.1 Å². The summed E-state index contributed by atoms with van der Waals surface area (Å²) in [6.07, 6.45) is 2.49. The molecule has 3 heterocycles. The highest BCUT2D eigenvalue weighted by Gasteiger charge is 2.39. The Morgan fingerprint density at radius 1 is 1.31 bits per heavy atom. The summed E-state index contributed by atoms with van der Waals surface area (Å²) in [4.78, 5) is 26.3. The molecule has 1 aromatic heterocycles. The molecule has 0 bridgehead atoms. The molecule has 2 aliphatic heterocycles. The number of nitrogens with zero attached hydrogens (tertiary/aromatic N) is 5. The fraction of sp³-hybridized carbons (Fsp3) is 0.417. The summed E-state index contributed by atoms with van der Waals surface area (Å²) < 4.78 is 19.9. The van der Waals surface area contributed by atoms with Gasteiger partial charge in [-0.2, -0.15) is 5.26 Å². The zero-order valence-corrected chi connectivity index (χ0v) is 19.7. The number of fused-ring (bicyclic) bond motifs is 2. The van der Waals surface area contributed by atoms with E-state index < -0.39 is 5.82 Å². The second-order valence-corrected chi connectivity index (χ2v) is 9.29. The van der Waals surface area contributed by atoms with Crippen molar-refractivity contribution in [3.63, 3.8) is 0 Å². The van der Waals surface area contributed by atoms with Crippen molar-refractivity contribution in [1.29, 1.82) is 5.26 Å². The van der Waals surface area contributed by atoms with Gasteiger partial charge in [-0.15, -0.1) is 0 Å². The highest BCUT2D eigenvalue weighted by Crippen LogP contribution is 2.37. The highest BCUT2D eigenvalue weighted by atomic mass is 35.5. The quantitative estimate of drug-likeness (QED) is 0.287. The van der Waals surface area contributed by atoms with Gasteiger partial charge in [0.2, 0.25) is 5.91 Å². The molecule has 0 radical (unpaired) electrons. The standard InChI is InChI=1S/C24H25ClFN7O2/c25-23-17(1-4-19(26)18(23)9-27)21-11-32-7-8-33(10-14(32)12-35-21)24(34)16-2-5-20-15(16)3-6-22(31-20)29-13-30-28/h1,3-4,6,13-14,16,21H,2,5,7-8,10-12,28H2,(H,29,30,31). The van der Waals surface area contributed by atoms with Gasteiger partial charge in [0.25, 0.3) is 0 Å². The number of hydrazine groups is 1. The Morgan fingerprint density at radius 3 is 2.94 bits per heavy atom. The average molecular weight is 498 g/mol. The summed E-state index contributed by atoms with van der Waals surface area (Å²) in [6, 6.07) is 8.46. The number of amides is 1. The molecule has 0 spiro atoms. The molecule has 11 heteroatoms. The zero-order valence-electron chi connectivity index (χ0n) is 19.0. The molecule has 1 aliphatic carbocycles. The number of carbonyl (C=O) groups is 1. The lowest BCUT2D eigenvalue weighted by Gasteiger charge is -2.46. The molecule has 3 unspecified atom stereocenters. The number of benzene rings is 1. The topological polar surface area (TPSA) is 120 Å². The molecule has 2 fully saturated rings. The molecule has 5 rings (SSSR count). The van der Waals surface area contributed by atoms with E-state index in [-0.39, 0.29) is 34.6 Å². The number of ether oxygens (including phenoxy) is 1. The second kappa shape index (κ2) is 9.87. The fourth-order valence-corrected chi connectivity index (χ4v) is 5.52. The fourth-order valence-electron chi connectivity index (χ4n) is 5.20. The van der Waals surface area contributed by atoms with E-state index in [1.165, 1.54) is 12.4 Å². The first-order valence-electron chi connectivity index (χ1n) is 11.5. The van der Waals surface area contributed by atoms with E-state index in [1.54, 1.807) is 12.1 Å². The van der Waals surface area contributed by atoms with Crippen LogP contribution in [0.2, 0.25) is 5.02 Å². The lowest BCUT2D eigenvalue weighted by molar-refractivity contribution is -0.141. The van der Waals surface area contributed by atoms with Crippen molar-refractivity contribution < 1.29 is 13.9 Å². The van der Waals surface area contributed by atoms with Crippen LogP contribution in [0.1, 0.15) is 40.8 Å². The SMILES string of the molecule is N#Cc1c(F)ccc(C2CN3CCN(C(=O)C4CCc5nc(N=CNN)ccc54)CC3CO2)c1Cl. The van der Waals surface area contributed by atoms with E-state index in [0.29, 0.717) is 44.2 Å². The van der Waals surface area contributed by atoms with Crippen molar-refractivity contribution in [3.8, 4) is 6.07 Å². The number of nitrogens with two attached hydrogens (primary N) is 1. The van der Waals surface area contributed by atoms with Crippen molar-refractivity contribution in [2.24, 2.45) is 10.8 Å². The third kappa shape index (κ3) is 4.48. The minimum absolute atomic E-state index is 0.0677. The predicted molar refractivity (Wildman–Crippen MR) is 128 cm³/mol. The van der Waals surface area contributed by atoms with Crippen molar-refractivity contribution in [2.45, 2.75) is 30.9 Å². The van der Waals surface area contributed by atoms with Crippen molar-refractivity contribution >= 4 is 29.7 Å². The van der Waals surface area contributed by atoms with Gasteiger partial charge >= 0.3 is 0 Å². The third-order valence-electron chi connectivity index (χ3n) is 7.00. The van der Waals surface area contributed by atoms with Gasteiger partial charge in [0, 0.05) is 37.4 Å². The lowest BCUT2D eigenvalue weighted by atomic mass is 9.98. The van der Waals surface area contributed by atoms with E-state index >= 15 is 0 Å². The summed E-state index contributed by atoms with van der Waals surface area (Å²) in [5.41, 5.74) is 4.69. The molecule has 2 saturated heterocycles. The monoisotopic (exact) mass is 497 g/mol. The predicted octanol–water partition coefficient (Wildman–Crippen LogP) is 2.18. The minimum Gasteiger partial charge on any atom is -0.370 e. The number of piperazine rings is 1. The van der Waals surface area contributed by atoms with Crippen molar-refractivity contribution in [1.82, 2.24) is 20.2 Å². The first-order valence-corrected chi connectivity index (χ1v) is 11.9. The van der Waals surface area contributed by atoms with Gasteiger partial charge in [-0.1, -0.05) is 23.7 Å². The van der Waals surface area contributed by atoms with E-state index in [4.69, 9.17) is 22.2 Å². The Labute approximate surface area is 207 Å². The first-order chi connectivity index (χ1) is 17.0. The Morgan fingerprint density at radius 2 is 2.14 bits per heavy atom. The number of morpholine rings is 1. The number of nitriles is 1. The van der Waals surface area contributed by atoms with Crippen LogP contribution in [0.3, 0.4) is 0 Å². The Kier molecular flexibility index (Phi) is 6.67. The molecule has 9 nitrogen and oxygen atoms in total. The van der Waals surface area contributed by atoms with E-state index in [9.17, 15) is 14.4 Å². The number of aromatic nitrogens is 1. The Hall–Kier alpha value is -3.10. The van der Waals surface area contributed by atoms with Gasteiger partial charge in [-0.25, -0.2) is 20.2 Å². The largest absolute Gasteiger partial charge is 0.370 e. The van der Waals surface area contributed by atoms with Crippen LogP contribution in [0.25, 0.3) is 0 Å². The smallest absolute Gasteiger partial charge is 0.230 e. The summed E-state index contributed by atoms with van der Waals surface area (Å²) in [6.45, 7) is 2.89. The lowest BCUT2D eigenvalue weighted by Crippen LogP contribution is -2.60. The maximum absolute atomic E-state index is 13.9. The highest BCUT2D eigenvalue weighted by molar-refractivity contribution is 6.32. The molecule has 0 saturated carbocycles. The van der Waals surface area contributed by atoms with Gasteiger partial charge in [0.1, 0.15) is 23.8 Å². The van der Waals surface area contributed by atoms with Crippen LogP contribution >= 0.6 is 11.6 Å². The van der Waals surface area contributed by atoms with Crippen LogP contribution in [-0.2, 0) is 16.0 Å². The molecule has 3 N–H and O–H groups in total. The van der Waals surface area contributed by atoms with Crippen LogP contribution in [0.15, 0.2) is 29.3 Å². The zero-order chi connectivity index (χ0) is 24.5. The normalized spacial score (nSPS) is 24.2. The molecule has 1 amide bonds. The third-order valence-corrected chi connectivity index (χ3v) is 7.40. The number of rotatable bonds is 4. The summed E-state index contributed by atoms with van der Waals surface area (Å²) in [7, 11) is 0. The number of nitrogens with one attached hydrogen (secondary N) is 1. The maximum atomic E-state index is 13.9. The molecule has 35 heavy (non-hydrogen) atoms. The minimum atomic E-state index is -0.637. The van der Waals surface area contributed by atoms with Gasteiger partial charge in [-0.05, 0) is 30.5 Å². The van der Waals surface area contributed by atoms with Gasteiger partial charge in [-0.3, -0.25) is 9.69 Å². The van der Waals surface area contributed by atoms with Crippen LogP contribution in [-0.4, -0.2) is 65.9 Å². The van der Waals surface area contributed by atoms with Gasteiger partial charge < -0.3 is 15.1 Å². The number of aryl methyl sites for hydroxylation is 1. The number of hydrogen-bond donors (Lipinski definition) is 2.